The van der Waals surface area contributed by atoms with Gasteiger partial charge in [0.1, 0.15) is 12.1 Å². The van der Waals surface area contributed by atoms with Crippen LogP contribution >= 0.6 is 0 Å². The average molecular weight is 558 g/mol. The Morgan fingerprint density at radius 1 is 1.05 bits per heavy atom. The largest absolute Gasteiger partial charge is 0.444 e. The van der Waals surface area contributed by atoms with E-state index in [2.05, 4.69) is 5.32 Å². The van der Waals surface area contributed by atoms with Gasteiger partial charge in [-0.25, -0.2) is 14.2 Å². The van der Waals surface area contributed by atoms with E-state index < -0.39 is 22.9 Å². The number of carbonyl (C=O) groups excluding carboxylic acids is 2. The fraction of sp³-hybridized carbons (Fsp3) is 0.679. The third-order valence-corrected chi connectivity index (χ3v) is 7.32. The van der Waals surface area contributed by atoms with Crippen molar-refractivity contribution in [3.05, 3.63) is 32.5 Å². The highest BCUT2D eigenvalue weighted by atomic mass is 16.6. The van der Waals surface area contributed by atoms with Crippen molar-refractivity contribution < 1.29 is 14.3 Å². The highest BCUT2D eigenvalue weighted by molar-refractivity contribution is 5.78. The lowest BCUT2D eigenvalue weighted by Gasteiger charge is -2.34. The lowest BCUT2D eigenvalue weighted by atomic mass is 10.1. The first-order valence-electron chi connectivity index (χ1n) is 14.2. The van der Waals surface area contributed by atoms with Crippen LogP contribution in [0.25, 0.3) is 11.2 Å². The third-order valence-electron chi connectivity index (χ3n) is 7.32. The van der Waals surface area contributed by atoms with Gasteiger partial charge in [0.25, 0.3) is 5.56 Å². The molecule has 1 unspecified atom stereocenters. The number of nitrogens with zero attached hydrogens (tertiary/aromatic N) is 6. The van der Waals surface area contributed by atoms with Gasteiger partial charge in [-0.3, -0.25) is 14.2 Å². The maximum Gasteiger partial charge on any atom is 0.407 e. The van der Waals surface area contributed by atoms with E-state index in [1.165, 1.54) is 4.57 Å². The Morgan fingerprint density at radius 2 is 1.75 bits per heavy atom. The van der Waals surface area contributed by atoms with E-state index in [0.717, 1.165) is 42.2 Å². The van der Waals surface area contributed by atoms with Crippen LogP contribution in [-0.2, 0) is 29.7 Å². The van der Waals surface area contributed by atoms with Crippen molar-refractivity contribution in [2.45, 2.75) is 91.5 Å². The first kappa shape index (κ1) is 29.4. The molecule has 0 saturated carbocycles. The summed E-state index contributed by atoms with van der Waals surface area (Å²) in [6.07, 6.45) is 6.05. The zero-order chi connectivity index (χ0) is 29.2. The summed E-state index contributed by atoms with van der Waals surface area (Å²) in [6.45, 7) is 12.0. The number of allylic oxidation sites excluding steroid dienone is 2. The van der Waals surface area contributed by atoms with Crippen molar-refractivity contribution in [1.29, 1.82) is 0 Å². The minimum absolute atomic E-state index is 0.164. The van der Waals surface area contributed by atoms with Gasteiger partial charge >= 0.3 is 11.8 Å². The highest BCUT2D eigenvalue weighted by Crippen LogP contribution is 2.24. The second-order valence-corrected chi connectivity index (χ2v) is 12.1. The smallest absolute Gasteiger partial charge is 0.407 e. The molecule has 0 spiro atoms. The number of anilines is 1. The summed E-state index contributed by atoms with van der Waals surface area (Å²) in [6, 6.07) is -0.164. The standard InChI is InChI=1S/C28H43N7O5/c1-19(2)12-16-34-22-23(30-25(34)33-15-10-11-20(17-33)29-26(38)40-28(3,4)5)31(6)27(39)35(24(22)37)18-21(36)32-13-8-7-9-14-32/h12,20H,7-11,13-18H2,1-6H3,(H,29,38). The number of imidazole rings is 1. The van der Waals surface area contributed by atoms with Crippen LogP contribution in [0.1, 0.15) is 66.7 Å². The van der Waals surface area contributed by atoms with Gasteiger partial charge < -0.3 is 24.4 Å². The number of rotatable bonds is 6. The molecule has 2 amide bonds. The molecule has 4 rings (SSSR count). The number of aromatic nitrogens is 4. The summed E-state index contributed by atoms with van der Waals surface area (Å²) in [5.74, 6) is 0.330. The van der Waals surface area contributed by atoms with Crippen molar-refractivity contribution in [2.75, 3.05) is 31.1 Å². The van der Waals surface area contributed by atoms with Crippen molar-refractivity contribution in [3.8, 4) is 0 Å². The SMILES string of the molecule is CC(C)=CCn1c(N2CCCC(NC(=O)OC(C)(C)C)C2)nc2c1c(=O)n(CC(=O)N1CCCCC1)c(=O)n2C. The lowest BCUT2D eigenvalue weighted by Crippen LogP contribution is -2.49. The van der Waals surface area contributed by atoms with Crippen LogP contribution in [0, 0.1) is 0 Å². The Labute approximate surface area is 234 Å². The third kappa shape index (κ3) is 6.59. The van der Waals surface area contributed by atoms with Gasteiger partial charge in [0, 0.05) is 45.8 Å². The van der Waals surface area contributed by atoms with Crippen LogP contribution in [-0.4, -0.2) is 73.4 Å². The Balaban J connectivity index is 1.72. The van der Waals surface area contributed by atoms with E-state index in [9.17, 15) is 19.2 Å². The van der Waals surface area contributed by atoms with Crippen LogP contribution < -0.4 is 21.5 Å². The van der Waals surface area contributed by atoms with E-state index in [1.807, 2.05) is 50.2 Å². The minimum atomic E-state index is -0.600. The molecular formula is C28H43N7O5. The Bertz CT molecular complexity index is 1400. The zero-order valence-corrected chi connectivity index (χ0v) is 24.7. The first-order valence-corrected chi connectivity index (χ1v) is 14.2. The second-order valence-electron chi connectivity index (χ2n) is 12.1. The van der Waals surface area contributed by atoms with Gasteiger partial charge in [-0.2, -0.15) is 4.98 Å². The van der Waals surface area contributed by atoms with E-state index >= 15 is 0 Å². The quantitative estimate of drug-likeness (QED) is 0.541. The molecule has 1 atom stereocenters. The number of hydrogen-bond donors (Lipinski definition) is 1. The van der Waals surface area contributed by atoms with E-state index in [-0.39, 0.29) is 29.7 Å². The maximum atomic E-state index is 13.8. The molecule has 0 radical (unpaired) electrons. The zero-order valence-electron chi connectivity index (χ0n) is 24.7. The summed E-state index contributed by atoms with van der Waals surface area (Å²) >= 11 is 0. The molecule has 2 fully saturated rings. The van der Waals surface area contributed by atoms with Crippen LogP contribution in [0.4, 0.5) is 10.7 Å². The fourth-order valence-electron chi connectivity index (χ4n) is 5.32. The number of carbonyl (C=O) groups is 2. The van der Waals surface area contributed by atoms with Gasteiger partial charge in [0.15, 0.2) is 11.2 Å². The molecule has 0 bridgehead atoms. The molecule has 1 N–H and O–H groups in total. The predicted molar refractivity (Wildman–Crippen MR) is 154 cm³/mol. The first-order chi connectivity index (χ1) is 18.9. The van der Waals surface area contributed by atoms with E-state index in [4.69, 9.17) is 9.72 Å². The van der Waals surface area contributed by atoms with Crippen LogP contribution in [0.15, 0.2) is 21.2 Å². The number of nitrogens with one attached hydrogen (secondary N) is 1. The fourth-order valence-corrected chi connectivity index (χ4v) is 5.32. The Kier molecular flexibility index (Phi) is 8.74. The number of amides is 2. The molecule has 2 aromatic heterocycles. The van der Waals surface area contributed by atoms with Crippen molar-refractivity contribution >= 4 is 29.1 Å². The summed E-state index contributed by atoms with van der Waals surface area (Å²) in [5.41, 5.74) is -0.0635. The summed E-state index contributed by atoms with van der Waals surface area (Å²) in [4.78, 5) is 61.1. The monoisotopic (exact) mass is 557 g/mol. The summed E-state index contributed by atoms with van der Waals surface area (Å²) in [7, 11) is 1.58. The molecule has 220 valence electrons. The highest BCUT2D eigenvalue weighted by Gasteiger charge is 2.29. The van der Waals surface area contributed by atoms with E-state index in [1.54, 1.807) is 11.9 Å². The predicted octanol–water partition coefficient (Wildman–Crippen LogP) is 2.37. The number of hydrogen-bond acceptors (Lipinski definition) is 7. The number of piperidine rings is 2. The van der Waals surface area contributed by atoms with Crippen LogP contribution in [0.5, 0.6) is 0 Å². The van der Waals surface area contributed by atoms with Gasteiger partial charge in [-0.05, 0) is 66.7 Å². The molecule has 2 aliphatic rings. The van der Waals surface area contributed by atoms with Crippen LogP contribution in [0.2, 0.25) is 0 Å². The van der Waals surface area contributed by atoms with Crippen molar-refractivity contribution in [3.63, 3.8) is 0 Å². The number of ether oxygens (including phenoxy) is 1. The molecule has 2 aromatic rings. The molecule has 4 heterocycles. The lowest BCUT2D eigenvalue weighted by molar-refractivity contribution is -0.132. The van der Waals surface area contributed by atoms with Gasteiger partial charge in [-0.15, -0.1) is 0 Å². The van der Waals surface area contributed by atoms with E-state index in [0.29, 0.717) is 38.7 Å². The Morgan fingerprint density at radius 3 is 2.40 bits per heavy atom. The molecular weight excluding hydrogens is 514 g/mol. The normalized spacial score (nSPS) is 18.1. The molecule has 2 saturated heterocycles. The van der Waals surface area contributed by atoms with Gasteiger partial charge in [0.05, 0.1) is 0 Å². The van der Waals surface area contributed by atoms with Gasteiger partial charge in [0.2, 0.25) is 11.9 Å². The number of alkyl carbamates (subject to hydrolysis) is 1. The summed E-state index contributed by atoms with van der Waals surface area (Å²) < 4.78 is 9.65. The summed E-state index contributed by atoms with van der Waals surface area (Å²) in [5, 5.41) is 2.96. The molecule has 0 aliphatic carbocycles. The van der Waals surface area contributed by atoms with Crippen LogP contribution in [0.3, 0.4) is 0 Å². The molecule has 40 heavy (non-hydrogen) atoms. The van der Waals surface area contributed by atoms with Crippen molar-refractivity contribution in [2.24, 2.45) is 7.05 Å². The number of aryl methyl sites for hydroxylation is 1. The van der Waals surface area contributed by atoms with Gasteiger partial charge in [-0.1, -0.05) is 11.6 Å². The maximum absolute atomic E-state index is 13.8. The Hall–Kier alpha value is -3.57. The number of likely N-dealkylation sites (tertiary alicyclic amines) is 1. The molecule has 12 heteroatoms. The molecule has 0 aromatic carbocycles. The number of fused-ring (bicyclic) bond motifs is 1. The second kappa shape index (κ2) is 11.9. The average Bonchev–Trinajstić information content (AvgIpc) is 3.28. The molecule has 2 aliphatic heterocycles. The molecule has 12 nitrogen and oxygen atoms in total. The minimum Gasteiger partial charge on any atom is -0.444 e. The topological polar surface area (TPSA) is 124 Å². The van der Waals surface area contributed by atoms with Crippen molar-refractivity contribution in [1.82, 2.24) is 28.9 Å².